The lowest BCUT2D eigenvalue weighted by Gasteiger charge is -2.25. The van der Waals surface area contributed by atoms with Gasteiger partial charge in [0.2, 0.25) is 10.0 Å². The molecule has 10 heteroatoms. The summed E-state index contributed by atoms with van der Waals surface area (Å²) < 4.78 is 32.1. The lowest BCUT2D eigenvalue weighted by molar-refractivity contribution is 0.316. The monoisotopic (exact) mass is 513 g/mol. The molecular formula is C17H32IN5O3S. The summed E-state index contributed by atoms with van der Waals surface area (Å²) in [4.78, 5) is 4.14. The van der Waals surface area contributed by atoms with E-state index in [9.17, 15) is 8.42 Å². The molecule has 1 heterocycles. The van der Waals surface area contributed by atoms with Crippen LogP contribution in [0.1, 0.15) is 50.1 Å². The van der Waals surface area contributed by atoms with Crippen LogP contribution in [0.5, 0.6) is 0 Å². The molecule has 0 aliphatic heterocycles. The minimum absolute atomic E-state index is 0. The third-order valence-corrected chi connectivity index (χ3v) is 6.09. The van der Waals surface area contributed by atoms with E-state index in [2.05, 4.69) is 25.5 Å². The van der Waals surface area contributed by atoms with Crippen LogP contribution in [0, 0.1) is 5.92 Å². The lowest BCUT2D eigenvalue weighted by Crippen LogP contribution is -2.41. The molecule has 0 saturated heterocycles. The lowest BCUT2D eigenvalue weighted by atomic mass is 9.86. The van der Waals surface area contributed by atoms with Crippen molar-refractivity contribution in [2.24, 2.45) is 10.9 Å². The van der Waals surface area contributed by atoms with Crippen molar-refractivity contribution in [3.8, 4) is 0 Å². The molecule has 1 aliphatic rings. The summed E-state index contributed by atoms with van der Waals surface area (Å²) in [6.45, 7) is 5.46. The van der Waals surface area contributed by atoms with Crippen LogP contribution in [-0.2, 0) is 29.4 Å². The molecule has 0 amide bonds. The van der Waals surface area contributed by atoms with Crippen LogP contribution in [0.25, 0.3) is 0 Å². The summed E-state index contributed by atoms with van der Waals surface area (Å²) in [5, 5.41) is 10.3. The van der Waals surface area contributed by atoms with E-state index in [-0.39, 0.29) is 29.7 Å². The van der Waals surface area contributed by atoms with Gasteiger partial charge < -0.3 is 15.2 Å². The highest BCUT2D eigenvalue weighted by atomic mass is 127. The second kappa shape index (κ2) is 11.8. The molecule has 8 nitrogen and oxygen atoms in total. The van der Waals surface area contributed by atoms with Gasteiger partial charge in [0.25, 0.3) is 0 Å². The molecule has 1 aliphatic carbocycles. The fourth-order valence-corrected chi connectivity index (χ4v) is 3.85. The molecule has 0 aromatic carbocycles. The second-order valence-electron chi connectivity index (χ2n) is 6.55. The van der Waals surface area contributed by atoms with E-state index in [1.807, 2.05) is 13.8 Å². The van der Waals surface area contributed by atoms with Crippen molar-refractivity contribution in [3.05, 3.63) is 17.0 Å². The molecule has 0 spiro atoms. The number of aromatic nitrogens is 1. The van der Waals surface area contributed by atoms with Crippen LogP contribution < -0.4 is 15.4 Å². The zero-order valence-electron chi connectivity index (χ0n) is 16.4. The van der Waals surface area contributed by atoms with Crippen LogP contribution in [0.2, 0.25) is 0 Å². The van der Waals surface area contributed by atoms with E-state index in [4.69, 9.17) is 4.52 Å². The molecule has 1 fully saturated rings. The number of aryl methyl sites for hydroxylation is 2. The van der Waals surface area contributed by atoms with Crippen LogP contribution >= 0.6 is 24.0 Å². The number of rotatable bonds is 10. The number of aliphatic imine (C=N–C) groups is 1. The fourth-order valence-electron chi connectivity index (χ4n) is 2.85. The van der Waals surface area contributed by atoms with Gasteiger partial charge in [-0.1, -0.05) is 25.4 Å². The van der Waals surface area contributed by atoms with E-state index in [0.29, 0.717) is 31.5 Å². The van der Waals surface area contributed by atoms with Crippen LogP contribution in [0.3, 0.4) is 0 Å². The standard InChI is InChI=1S/C17H31N5O3S.HI/c1-4-15-14(16(5-2)25-22-15)12-20-17(18-3)19-9-10-26(23,24)21-11-13-7-6-8-13;/h13,21H,4-12H2,1-3H3,(H2,18,19,20);1H. The predicted molar refractivity (Wildman–Crippen MR) is 118 cm³/mol. The highest BCUT2D eigenvalue weighted by Gasteiger charge is 2.20. The summed E-state index contributed by atoms with van der Waals surface area (Å²) in [7, 11) is -1.60. The molecule has 0 bridgehead atoms. The van der Waals surface area contributed by atoms with E-state index >= 15 is 0 Å². The largest absolute Gasteiger partial charge is 0.361 e. The molecule has 0 unspecified atom stereocenters. The van der Waals surface area contributed by atoms with Crippen molar-refractivity contribution in [2.75, 3.05) is 25.9 Å². The minimum Gasteiger partial charge on any atom is -0.361 e. The van der Waals surface area contributed by atoms with Gasteiger partial charge in [0.15, 0.2) is 5.96 Å². The molecule has 1 aromatic rings. The van der Waals surface area contributed by atoms with Gasteiger partial charge in [-0.25, -0.2) is 13.1 Å². The van der Waals surface area contributed by atoms with Crippen molar-refractivity contribution in [1.29, 1.82) is 0 Å². The first kappa shape index (κ1) is 24.2. The minimum atomic E-state index is -3.26. The van der Waals surface area contributed by atoms with Gasteiger partial charge in [-0.05, 0) is 25.2 Å². The van der Waals surface area contributed by atoms with Crippen LogP contribution in [-0.4, -0.2) is 45.4 Å². The first-order valence-corrected chi connectivity index (χ1v) is 11.0. The maximum Gasteiger partial charge on any atom is 0.213 e. The Bertz CT molecular complexity index is 680. The van der Waals surface area contributed by atoms with E-state index in [0.717, 1.165) is 42.7 Å². The zero-order valence-corrected chi connectivity index (χ0v) is 19.5. The van der Waals surface area contributed by atoms with Crippen molar-refractivity contribution < 1.29 is 12.9 Å². The molecule has 1 saturated carbocycles. The number of nitrogens with one attached hydrogen (secondary N) is 3. The number of halogens is 1. The molecular weight excluding hydrogens is 481 g/mol. The Morgan fingerprint density at radius 1 is 1.26 bits per heavy atom. The van der Waals surface area contributed by atoms with E-state index in [1.165, 1.54) is 6.42 Å². The van der Waals surface area contributed by atoms with Gasteiger partial charge in [0.1, 0.15) is 5.76 Å². The van der Waals surface area contributed by atoms with Crippen LogP contribution in [0.4, 0.5) is 0 Å². The smallest absolute Gasteiger partial charge is 0.213 e. The number of hydrogen-bond donors (Lipinski definition) is 3. The van der Waals surface area contributed by atoms with Gasteiger partial charge in [-0.2, -0.15) is 0 Å². The number of guanidine groups is 1. The van der Waals surface area contributed by atoms with Gasteiger partial charge in [0.05, 0.1) is 11.4 Å². The summed E-state index contributed by atoms with van der Waals surface area (Å²) in [6, 6.07) is 0. The fraction of sp³-hybridized carbons (Fsp3) is 0.765. The Hall–Kier alpha value is -0.880. The van der Waals surface area contributed by atoms with Crippen LogP contribution in [0.15, 0.2) is 9.52 Å². The Kier molecular flexibility index (Phi) is 10.6. The molecule has 27 heavy (non-hydrogen) atoms. The molecule has 3 N–H and O–H groups in total. The Morgan fingerprint density at radius 3 is 2.56 bits per heavy atom. The molecule has 0 atom stereocenters. The van der Waals surface area contributed by atoms with Gasteiger partial charge in [-0.3, -0.25) is 4.99 Å². The van der Waals surface area contributed by atoms with Crippen molar-refractivity contribution in [1.82, 2.24) is 20.5 Å². The third kappa shape index (κ3) is 7.57. The maximum atomic E-state index is 12.0. The van der Waals surface area contributed by atoms with Crippen molar-refractivity contribution >= 4 is 40.0 Å². The summed E-state index contributed by atoms with van der Waals surface area (Å²) in [5.74, 6) is 1.96. The Morgan fingerprint density at radius 2 is 2.00 bits per heavy atom. The topological polar surface area (TPSA) is 109 Å². The first-order valence-electron chi connectivity index (χ1n) is 9.37. The average molecular weight is 513 g/mol. The quantitative estimate of drug-likeness (QED) is 0.250. The molecule has 2 rings (SSSR count). The summed E-state index contributed by atoms with van der Waals surface area (Å²) >= 11 is 0. The van der Waals surface area contributed by atoms with Crippen molar-refractivity contribution in [2.45, 2.75) is 52.5 Å². The second-order valence-corrected chi connectivity index (χ2v) is 8.48. The summed E-state index contributed by atoms with van der Waals surface area (Å²) in [6.07, 6.45) is 5.04. The SMILES string of the molecule is CCc1noc(CC)c1CNC(=NC)NCCS(=O)(=O)NCC1CCC1.I. The third-order valence-electron chi connectivity index (χ3n) is 4.74. The van der Waals surface area contributed by atoms with Gasteiger partial charge in [-0.15, -0.1) is 24.0 Å². The van der Waals surface area contributed by atoms with Gasteiger partial charge >= 0.3 is 0 Å². The molecule has 0 radical (unpaired) electrons. The normalized spacial score (nSPS) is 15.1. The maximum absolute atomic E-state index is 12.0. The highest BCUT2D eigenvalue weighted by molar-refractivity contribution is 14.0. The molecule has 156 valence electrons. The average Bonchev–Trinajstić information content (AvgIpc) is 2.98. The number of nitrogens with zero attached hydrogens (tertiary/aromatic N) is 2. The Balaban J connectivity index is 0.00000364. The van der Waals surface area contributed by atoms with Crippen molar-refractivity contribution in [3.63, 3.8) is 0 Å². The number of hydrogen-bond acceptors (Lipinski definition) is 5. The first-order chi connectivity index (χ1) is 12.5. The summed E-state index contributed by atoms with van der Waals surface area (Å²) in [5.41, 5.74) is 1.99. The van der Waals surface area contributed by atoms with E-state index in [1.54, 1.807) is 7.05 Å². The highest BCUT2D eigenvalue weighted by Crippen LogP contribution is 2.25. The Labute approximate surface area is 179 Å². The van der Waals surface area contributed by atoms with Gasteiger partial charge in [0, 0.05) is 38.7 Å². The number of sulfonamides is 1. The zero-order chi connectivity index (χ0) is 19.0. The predicted octanol–water partition coefficient (Wildman–Crippen LogP) is 1.80. The van der Waals surface area contributed by atoms with E-state index < -0.39 is 10.0 Å². The molecule has 1 aromatic heterocycles.